The third-order valence-corrected chi connectivity index (χ3v) is 2.83. The smallest absolute Gasteiger partial charge is 0.0412 e. The quantitative estimate of drug-likeness (QED) is 0.718. The van der Waals surface area contributed by atoms with Gasteiger partial charge in [0, 0.05) is 15.7 Å². The summed E-state index contributed by atoms with van der Waals surface area (Å²) in [5.41, 5.74) is 2.42. The molecule has 0 aliphatic rings. The summed E-state index contributed by atoms with van der Waals surface area (Å²) in [4.78, 5) is 0. The molecule has 0 atom stereocenters. The Morgan fingerprint density at radius 3 is 2.69 bits per heavy atom. The second kappa shape index (κ2) is 5.84. The minimum absolute atomic E-state index is 0.777. The SMILES string of the molecule is Clc1cccc(C(=CCBr)CBr)c1. The summed E-state index contributed by atoms with van der Waals surface area (Å²) in [5, 5.41) is 2.48. The second-order valence-corrected chi connectivity index (χ2v) is 4.17. The van der Waals surface area contributed by atoms with E-state index in [1.165, 1.54) is 11.1 Å². The number of hydrogen-bond donors (Lipinski definition) is 0. The van der Waals surface area contributed by atoms with Crippen LogP contribution < -0.4 is 0 Å². The van der Waals surface area contributed by atoms with Crippen LogP contribution in [0.25, 0.3) is 5.57 Å². The lowest BCUT2D eigenvalue weighted by Crippen LogP contribution is -1.85. The van der Waals surface area contributed by atoms with Crippen molar-refractivity contribution in [2.75, 3.05) is 10.7 Å². The summed E-state index contributed by atoms with van der Waals surface area (Å²) in [5.74, 6) is 0. The fraction of sp³-hybridized carbons (Fsp3) is 0.200. The van der Waals surface area contributed by atoms with E-state index in [2.05, 4.69) is 44.0 Å². The van der Waals surface area contributed by atoms with Crippen LogP contribution in [0.15, 0.2) is 30.3 Å². The summed E-state index contributed by atoms with van der Waals surface area (Å²) >= 11 is 12.7. The molecule has 0 nitrogen and oxygen atoms in total. The maximum absolute atomic E-state index is 5.89. The van der Waals surface area contributed by atoms with Crippen LogP contribution in [0.1, 0.15) is 5.56 Å². The molecule has 3 heteroatoms. The zero-order valence-electron chi connectivity index (χ0n) is 6.93. The van der Waals surface area contributed by atoms with Crippen LogP contribution in [-0.2, 0) is 0 Å². The van der Waals surface area contributed by atoms with Gasteiger partial charge in [0.05, 0.1) is 0 Å². The molecule has 70 valence electrons. The highest BCUT2D eigenvalue weighted by atomic mass is 79.9. The van der Waals surface area contributed by atoms with E-state index < -0.39 is 0 Å². The van der Waals surface area contributed by atoms with Crippen LogP contribution in [0.5, 0.6) is 0 Å². The molecule has 0 unspecified atom stereocenters. The molecule has 0 bridgehead atoms. The third-order valence-electron chi connectivity index (χ3n) is 1.66. The largest absolute Gasteiger partial charge is 0.0883 e. The zero-order chi connectivity index (χ0) is 9.68. The minimum atomic E-state index is 0.777. The van der Waals surface area contributed by atoms with E-state index in [0.29, 0.717) is 0 Å². The molecule has 1 aromatic rings. The first-order valence-corrected chi connectivity index (χ1v) is 6.47. The molecule has 1 aromatic carbocycles. The van der Waals surface area contributed by atoms with Gasteiger partial charge in [0.2, 0.25) is 0 Å². The van der Waals surface area contributed by atoms with Gasteiger partial charge in [-0.25, -0.2) is 0 Å². The first-order chi connectivity index (χ1) is 6.27. The lowest BCUT2D eigenvalue weighted by molar-refractivity contribution is 1.57. The average molecular weight is 324 g/mol. The molecular weight excluding hydrogens is 315 g/mol. The van der Waals surface area contributed by atoms with Crippen molar-refractivity contribution < 1.29 is 0 Å². The van der Waals surface area contributed by atoms with E-state index in [0.717, 1.165) is 15.7 Å². The highest BCUT2D eigenvalue weighted by Crippen LogP contribution is 2.20. The Labute approximate surface area is 100 Å². The number of rotatable bonds is 3. The van der Waals surface area contributed by atoms with E-state index in [4.69, 9.17) is 11.6 Å². The maximum atomic E-state index is 5.89. The van der Waals surface area contributed by atoms with E-state index in [9.17, 15) is 0 Å². The van der Waals surface area contributed by atoms with Crippen LogP contribution in [0.4, 0.5) is 0 Å². The van der Waals surface area contributed by atoms with Crippen molar-refractivity contribution in [3.05, 3.63) is 40.9 Å². The highest BCUT2D eigenvalue weighted by molar-refractivity contribution is 9.09. The molecule has 0 heterocycles. The molecule has 0 amide bonds. The van der Waals surface area contributed by atoms with Gasteiger partial charge >= 0.3 is 0 Å². The van der Waals surface area contributed by atoms with Crippen LogP contribution >= 0.6 is 43.5 Å². The predicted octanol–water partition coefficient (Wildman–Crippen LogP) is 4.51. The summed E-state index contributed by atoms with van der Waals surface area (Å²) in [6.07, 6.45) is 2.13. The number of halogens is 3. The maximum Gasteiger partial charge on any atom is 0.0412 e. The Balaban J connectivity index is 2.98. The van der Waals surface area contributed by atoms with Gasteiger partial charge < -0.3 is 0 Å². The average Bonchev–Trinajstić information content (AvgIpc) is 2.14. The normalized spacial score (nSPS) is 11.8. The lowest BCUT2D eigenvalue weighted by Gasteiger charge is -2.03. The van der Waals surface area contributed by atoms with Crippen LogP contribution in [0.3, 0.4) is 0 Å². The van der Waals surface area contributed by atoms with Crippen LogP contribution in [0, 0.1) is 0 Å². The molecule has 0 saturated carbocycles. The van der Waals surface area contributed by atoms with Gasteiger partial charge in [-0.05, 0) is 23.3 Å². The highest BCUT2D eigenvalue weighted by Gasteiger charge is 1.99. The first kappa shape index (κ1) is 11.3. The predicted molar refractivity (Wildman–Crippen MR) is 67.0 cm³/mol. The topological polar surface area (TPSA) is 0 Å². The second-order valence-electron chi connectivity index (χ2n) is 2.53. The number of alkyl halides is 2. The Morgan fingerprint density at radius 2 is 2.15 bits per heavy atom. The molecule has 1 rings (SSSR count). The van der Waals surface area contributed by atoms with Gasteiger partial charge in [0.15, 0.2) is 0 Å². The Kier molecular flexibility index (Phi) is 5.07. The summed E-state index contributed by atoms with van der Waals surface area (Å²) in [6, 6.07) is 7.87. The van der Waals surface area contributed by atoms with Gasteiger partial charge in [-0.2, -0.15) is 0 Å². The van der Waals surface area contributed by atoms with Gasteiger partial charge in [0.1, 0.15) is 0 Å². The fourth-order valence-electron chi connectivity index (χ4n) is 1.03. The summed E-state index contributed by atoms with van der Waals surface area (Å²) in [6.45, 7) is 0. The Bertz CT molecular complexity index is 308. The van der Waals surface area contributed by atoms with Crippen molar-refractivity contribution in [2.45, 2.75) is 0 Å². The van der Waals surface area contributed by atoms with Crippen molar-refractivity contribution in [1.82, 2.24) is 0 Å². The molecular formula is C10H9Br2Cl. The zero-order valence-corrected chi connectivity index (χ0v) is 10.9. The third kappa shape index (κ3) is 3.45. The molecule has 0 fully saturated rings. The number of hydrogen-bond acceptors (Lipinski definition) is 0. The van der Waals surface area contributed by atoms with Gasteiger partial charge in [-0.15, -0.1) is 0 Å². The van der Waals surface area contributed by atoms with Gasteiger partial charge in [-0.3, -0.25) is 0 Å². The molecule has 0 aliphatic carbocycles. The molecule has 13 heavy (non-hydrogen) atoms. The van der Waals surface area contributed by atoms with E-state index >= 15 is 0 Å². The monoisotopic (exact) mass is 322 g/mol. The van der Waals surface area contributed by atoms with E-state index in [-0.39, 0.29) is 0 Å². The lowest BCUT2D eigenvalue weighted by atomic mass is 10.1. The van der Waals surface area contributed by atoms with E-state index in [1.54, 1.807) is 0 Å². The Hall–Kier alpha value is 0.210. The van der Waals surface area contributed by atoms with Crippen molar-refractivity contribution in [2.24, 2.45) is 0 Å². The molecule has 0 spiro atoms. The van der Waals surface area contributed by atoms with E-state index in [1.807, 2.05) is 18.2 Å². The minimum Gasteiger partial charge on any atom is -0.0883 e. The standard InChI is InChI=1S/C10H9Br2Cl/c11-5-4-9(7-12)8-2-1-3-10(13)6-8/h1-4,6H,5,7H2. The number of allylic oxidation sites excluding steroid dienone is 2. The molecule has 0 saturated heterocycles. The van der Waals surface area contributed by atoms with Crippen molar-refractivity contribution in [3.8, 4) is 0 Å². The van der Waals surface area contributed by atoms with Crippen molar-refractivity contribution in [3.63, 3.8) is 0 Å². The van der Waals surface area contributed by atoms with Crippen molar-refractivity contribution in [1.29, 1.82) is 0 Å². The van der Waals surface area contributed by atoms with Crippen LogP contribution in [-0.4, -0.2) is 10.7 Å². The van der Waals surface area contributed by atoms with Gasteiger partial charge in [0.25, 0.3) is 0 Å². The molecule has 0 N–H and O–H groups in total. The van der Waals surface area contributed by atoms with Crippen molar-refractivity contribution >= 4 is 49.0 Å². The molecule has 0 aliphatic heterocycles. The Morgan fingerprint density at radius 1 is 1.38 bits per heavy atom. The number of benzene rings is 1. The first-order valence-electron chi connectivity index (χ1n) is 3.85. The van der Waals surface area contributed by atoms with Crippen LogP contribution in [0.2, 0.25) is 5.02 Å². The fourth-order valence-corrected chi connectivity index (χ4v) is 2.16. The summed E-state index contributed by atoms with van der Waals surface area (Å²) < 4.78 is 0. The molecule has 0 aromatic heterocycles. The van der Waals surface area contributed by atoms with Gasteiger partial charge in [-0.1, -0.05) is 61.7 Å². The molecule has 0 radical (unpaired) electrons. The summed E-state index contributed by atoms with van der Waals surface area (Å²) in [7, 11) is 0.